The fourth-order valence-electron chi connectivity index (χ4n) is 15.1. The van der Waals surface area contributed by atoms with Crippen molar-refractivity contribution in [2.45, 2.75) is 122 Å². The number of aryl methyl sites for hydroxylation is 9. The molecule has 17 aromatic rings. The zero-order chi connectivity index (χ0) is 70.6. The highest BCUT2D eigenvalue weighted by atomic mass is 16.3. The molecule has 0 spiro atoms. The van der Waals surface area contributed by atoms with Crippen LogP contribution in [0.2, 0.25) is 0 Å². The van der Waals surface area contributed by atoms with Crippen LogP contribution in [0.4, 0.5) is 0 Å². The smallest absolute Gasteiger partial charge is 0.208 e. The number of nitrogens with zero attached hydrogens (tertiary/aromatic N) is 6. The Bertz CT molecular complexity index is 5480. The van der Waals surface area contributed by atoms with Gasteiger partial charge in [-0.05, 0) is 156 Å². The van der Waals surface area contributed by atoms with Crippen molar-refractivity contribution in [1.29, 1.82) is 0 Å². The first-order chi connectivity index (χ1) is 47.4. The van der Waals surface area contributed by atoms with E-state index >= 15 is 0 Å². The average molecular weight is 1310 g/mol. The van der Waals surface area contributed by atoms with E-state index in [2.05, 4.69) is 324 Å². The molecule has 0 saturated carbocycles. The van der Waals surface area contributed by atoms with Gasteiger partial charge in [-0.3, -0.25) is 0 Å². The summed E-state index contributed by atoms with van der Waals surface area (Å²) in [6.45, 7) is 33.1. The van der Waals surface area contributed by atoms with Crippen LogP contribution in [0.5, 0.6) is 0 Å². The van der Waals surface area contributed by atoms with Crippen molar-refractivity contribution < 1.29 is 13.3 Å². The minimum absolute atomic E-state index is 0.516. The van der Waals surface area contributed by atoms with Gasteiger partial charge in [-0.1, -0.05) is 193 Å². The molecule has 9 heterocycles. The van der Waals surface area contributed by atoms with Crippen molar-refractivity contribution in [1.82, 2.24) is 27.4 Å². The van der Waals surface area contributed by atoms with Gasteiger partial charge in [0.1, 0.15) is 16.7 Å². The Labute approximate surface area is 584 Å². The highest BCUT2D eigenvalue weighted by Crippen LogP contribution is 2.43. The van der Waals surface area contributed by atoms with E-state index in [1.165, 1.54) is 155 Å². The molecule has 8 aromatic carbocycles. The van der Waals surface area contributed by atoms with Crippen molar-refractivity contribution in [2.75, 3.05) is 0 Å². The van der Waals surface area contributed by atoms with Crippen LogP contribution in [0.15, 0.2) is 207 Å². The largest absolute Gasteiger partial charge is 0.454 e. The van der Waals surface area contributed by atoms with E-state index in [1.54, 1.807) is 0 Å². The second kappa shape index (κ2) is 27.9. The predicted octanol–water partition coefficient (Wildman–Crippen LogP) is 24.8. The van der Waals surface area contributed by atoms with Crippen LogP contribution in [0, 0.1) is 62.3 Å². The lowest BCUT2D eigenvalue weighted by Crippen LogP contribution is -2.01. The molecule has 0 unspecified atom stereocenters. The van der Waals surface area contributed by atoms with Gasteiger partial charge in [-0.25, -0.2) is 0 Å². The normalized spacial score (nSPS) is 11.6. The summed E-state index contributed by atoms with van der Waals surface area (Å²) in [5.41, 5.74) is 32.6. The van der Waals surface area contributed by atoms with Gasteiger partial charge in [-0.15, -0.1) is 0 Å². The van der Waals surface area contributed by atoms with Crippen LogP contribution in [-0.4, -0.2) is 27.4 Å². The minimum atomic E-state index is 0.516. The summed E-state index contributed by atoms with van der Waals surface area (Å²) >= 11 is 0. The Balaban J connectivity index is 0.000000114. The lowest BCUT2D eigenvalue weighted by Gasteiger charge is -2.20. The van der Waals surface area contributed by atoms with Crippen molar-refractivity contribution >= 4 is 98.8 Å². The number of rotatable bonds is 5. The van der Waals surface area contributed by atoms with Crippen molar-refractivity contribution in [3.05, 3.63) is 262 Å². The molecular formula is C90H98N6O3. The van der Waals surface area contributed by atoms with Crippen molar-refractivity contribution in [2.24, 2.45) is 42.3 Å². The first kappa shape index (κ1) is 68.6. The third kappa shape index (κ3) is 12.2. The molecule has 0 N–H and O–H groups in total. The molecule has 0 atom stereocenters. The molecule has 0 aliphatic heterocycles. The standard InChI is InChI=1S/C22H27N.C16H15N.3C13H13NO.C13H17N/c1-14(2)17-11-9-12-18(15(3)4)22(17)21-16(5)23(6)20-13-8-7-10-19(20)21;1-12-16(13-8-4-3-5-9-13)14-10-6-7-11-15(14)17(12)2;1-8-12-10-6-4-5-7-11(10)15-13(12)9(2)14(8)3;1-8-9(2)14(3)12-10-6-4-5-7-11(10)15-13(8)12;1-8-9(2)14(3)13-12(8)10-6-4-5-7-11(10)15-13;1-9(2)13-10(3)14(4)12-8-6-5-7-11(12)13/h7-15H,1-6H3;3-11H,1-2H3;3*4-7H,1-3H3;5-9H,1-4H3. The molecule has 0 saturated heterocycles. The fourth-order valence-corrected chi connectivity index (χ4v) is 15.1. The summed E-state index contributed by atoms with van der Waals surface area (Å²) in [4.78, 5) is 0. The number of para-hydroxylation sites is 6. The molecular weight excluding hydrogens is 1210 g/mol. The zero-order valence-corrected chi connectivity index (χ0v) is 62.1. The number of benzene rings is 8. The van der Waals surface area contributed by atoms with E-state index in [4.69, 9.17) is 13.3 Å². The summed E-state index contributed by atoms with van der Waals surface area (Å²) in [6.07, 6.45) is 0. The quantitative estimate of drug-likeness (QED) is 0.172. The van der Waals surface area contributed by atoms with E-state index in [0.717, 1.165) is 33.6 Å². The lowest BCUT2D eigenvalue weighted by molar-refractivity contribution is 0.626. The molecule has 9 heteroatoms. The van der Waals surface area contributed by atoms with Gasteiger partial charge in [0.2, 0.25) is 5.71 Å². The highest BCUT2D eigenvalue weighted by molar-refractivity contribution is 6.09. The first-order valence-electron chi connectivity index (χ1n) is 35.0. The van der Waals surface area contributed by atoms with Crippen LogP contribution < -0.4 is 0 Å². The number of furan rings is 3. The molecule has 99 heavy (non-hydrogen) atoms. The molecule has 0 amide bonds. The van der Waals surface area contributed by atoms with Gasteiger partial charge >= 0.3 is 0 Å². The number of hydrogen-bond donors (Lipinski definition) is 0. The Hall–Kier alpha value is -10.4. The topological polar surface area (TPSA) is 69.0 Å². The summed E-state index contributed by atoms with van der Waals surface area (Å²) in [7, 11) is 12.7. The molecule has 0 radical (unpaired) electrons. The fraction of sp³-hybridized carbons (Fsp3) is 0.267. The second-order valence-corrected chi connectivity index (χ2v) is 27.9. The average Bonchev–Trinajstić information content (AvgIpc) is 1.66. The zero-order valence-electron chi connectivity index (χ0n) is 62.1. The van der Waals surface area contributed by atoms with E-state index < -0.39 is 0 Å². The molecule has 0 aliphatic carbocycles. The van der Waals surface area contributed by atoms with Gasteiger partial charge < -0.3 is 40.7 Å². The maximum atomic E-state index is 5.86. The van der Waals surface area contributed by atoms with E-state index in [-0.39, 0.29) is 0 Å². The van der Waals surface area contributed by atoms with E-state index in [1.807, 2.05) is 43.4 Å². The molecule has 9 nitrogen and oxygen atoms in total. The summed E-state index contributed by atoms with van der Waals surface area (Å²) in [5, 5.41) is 10.2. The van der Waals surface area contributed by atoms with E-state index in [0.29, 0.717) is 17.8 Å². The Morgan fingerprint density at radius 2 is 0.687 bits per heavy atom. The number of hydrogen-bond acceptors (Lipinski definition) is 3. The van der Waals surface area contributed by atoms with Gasteiger partial charge in [0.25, 0.3) is 0 Å². The van der Waals surface area contributed by atoms with Crippen molar-refractivity contribution in [3.8, 4) is 22.3 Å². The van der Waals surface area contributed by atoms with Crippen LogP contribution in [0.25, 0.3) is 121 Å². The van der Waals surface area contributed by atoms with Gasteiger partial charge in [-0.2, -0.15) is 0 Å². The van der Waals surface area contributed by atoms with Gasteiger partial charge in [0, 0.05) is 147 Å². The van der Waals surface area contributed by atoms with Crippen LogP contribution >= 0.6 is 0 Å². The van der Waals surface area contributed by atoms with E-state index in [9.17, 15) is 0 Å². The highest BCUT2D eigenvalue weighted by Gasteiger charge is 2.23. The predicted molar refractivity (Wildman–Crippen MR) is 423 cm³/mol. The number of aromatic nitrogens is 6. The Morgan fingerprint density at radius 1 is 0.273 bits per heavy atom. The molecule has 0 bridgehead atoms. The second-order valence-electron chi connectivity index (χ2n) is 27.9. The van der Waals surface area contributed by atoms with Gasteiger partial charge in [0.05, 0.1) is 16.6 Å². The molecule has 506 valence electrons. The lowest BCUT2D eigenvalue weighted by atomic mass is 9.84. The summed E-state index contributed by atoms with van der Waals surface area (Å²) < 4.78 is 30.9. The molecule has 0 aliphatic rings. The minimum Gasteiger partial charge on any atom is -0.454 e. The number of fused-ring (bicyclic) bond motifs is 12. The van der Waals surface area contributed by atoms with Crippen molar-refractivity contribution in [3.63, 3.8) is 0 Å². The first-order valence-corrected chi connectivity index (χ1v) is 35.0. The molecule has 17 rings (SSSR count). The Kier molecular flexibility index (Phi) is 19.3. The summed E-state index contributed by atoms with van der Waals surface area (Å²) in [6, 6.07) is 68.0. The third-order valence-corrected chi connectivity index (χ3v) is 21.4. The Morgan fingerprint density at radius 3 is 1.23 bits per heavy atom. The molecule has 0 fully saturated rings. The van der Waals surface area contributed by atoms with Crippen LogP contribution in [-0.2, 0) is 42.3 Å². The summed E-state index contributed by atoms with van der Waals surface area (Å²) in [5.74, 6) is 1.63. The van der Waals surface area contributed by atoms with Crippen LogP contribution in [0.3, 0.4) is 0 Å². The molecule has 9 aromatic heterocycles. The maximum Gasteiger partial charge on any atom is 0.208 e. The van der Waals surface area contributed by atoms with Gasteiger partial charge in [0.15, 0.2) is 11.2 Å². The SMILES string of the molecule is Cc1c(-c2c(C(C)C)cccc2C(C)C)c2ccccc2n1C.Cc1c(-c2ccccc2)c2ccccc2n1C.Cc1c(C(C)C)c2ccccc2n1C.Cc1c(C)n(C)c2c1oc1ccccc12.Cc1c(C)n(C)c2oc3ccccc3c12.Cc1c2oc3ccccc3c2c(C)n1C. The monoisotopic (exact) mass is 1310 g/mol. The van der Waals surface area contributed by atoms with Crippen LogP contribution in [0.1, 0.15) is 127 Å². The maximum absolute atomic E-state index is 5.86. The third-order valence-electron chi connectivity index (χ3n) is 21.4.